The number of aliphatic carboxylic acids is 1. The van der Waals surface area contributed by atoms with E-state index in [9.17, 15) is 19.5 Å². The molecular formula is C32H33N3O4. The summed E-state index contributed by atoms with van der Waals surface area (Å²) in [5, 5.41) is 16.5. The zero-order valence-corrected chi connectivity index (χ0v) is 21.8. The molecule has 0 bridgehead atoms. The SMILES string of the molecule is O=C(Nc1ccc(CC(NC(=O)C2(C3C=CC=CC3)CCCCC2)C(=O)O)cc1)c1ccnc2ccccc12. The van der Waals surface area contributed by atoms with Crippen molar-refractivity contribution >= 4 is 34.4 Å². The average Bonchev–Trinajstić information content (AvgIpc) is 2.98. The number of aromatic nitrogens is 1. The van der Waals surface area contributed by atoms with E-state index in [1.165, 1.54) is 0 Å². The molecule has 3 aromatic rings. The summed E-state index contributed by atoms with van der Waals surface area (Å²) in [5.74, 6) is -1.39. The minimum absolute atomic E-state index is 0.0812. The first kappa shape index (κ1) is 26.4. The molecule has 200 valence electrons. The third-order valence-electron chi connectivity index (χ3n) is 8.04. The monoisotopic (exact) mass is 523 g/mol. The van der Waals surface area contributed by atoms with Crippen LogP contribution in [0.3, 0.4) is 0 Å². The Bertz CT molecular complexity index is 1420. The van der Waals surface area contributed by atoms with Crippen LogP contribution in [0.1, 0.15) is 54.4 Å². The van der Waals surface area contributed by atoms with Crippen molar-refractivity contribution in [3.63, 3.8) is 0 Å². The van der Waals surface area contributed by atoms with Gasteiger partial charge in [-0.25, -0.2) is 4.79 Å². The third kappa shape index (κ3) is 5.77. The molecule has 1 heterocycles. The van der Waals surface area contributed by atoms with Gasteiger partial charge in [-0.15, -0.1) is 0 Å². The van der Waals surface area contributed by atoms with Crippen LogP contribution in [0.2, 0.25) is 0 Å². The second kappa shape index (κ2) is 11.6. The minimum atomic E-state index is -1.06. The summed E-state index contributed by atoms with van der Waals surface area (Å²) in [7, 11) is 0. The molecule has 0 radical (unpaired) electrons. The van der Waals surface area contributed by atoms with Gasteiger partial charge in [0.1, 0.15) is 6.04 Å². The molecule has 2 atom stereocenters. The lowest BCUT2D eigenvalue weighted by Gasteiger charge is -2.42. The van der Waals surface area contributed by atoms with E-state index in [-0.39, 0.29) is 24.2 Å². The number of carboxylic acid groups (broad SMARTS) is 1. The van der Waals surface area contributed by atoms with E-state index in [2.05, 4.69) is 27.8 Å². The number of nitrogens with zero attached hydrogens (tertiary/aromatic N) is 1. The Kier molecular flexibility index (Phi) is 7.87. The largest absolute Gasteiger partial charge is 0.480 e. The Morgan fingerprint density at radius 1 is 0.974 bits per heavy atom. The smallest absolute Gasteiger partial charge is 0.326 e. The van der Waals surface area contributed by atoms with Crippen molar-refractivity contribution in [2.75, 3.05) is 5.32 Å². The number of anilines is 1. The number of allylic oxidation sites excluding steroid dienone is 4. The molecule has 5 rings (SSSR count). The van der Waals surface area contributed by atoms with E-state index in [4.69, 9.17) is 0 Å². The molecule has 7 heteroatoms. The molecule has 7 nitrogen and oxygen atoms in total. The molecule has 2 aliphatic rings. The Labute approximate surface area is 228 Å². The second-order valence-electron chi connectivity index (χ2n) is 10.5. The highest BCUT2D eigenvalue weighted by Crippen LogP contribution is 2.46. The first-order valence-electron chi connectivity index (χ1n) is 13.6. The van der Waals surface area contributed by atoms with Crippen molar-refractivity contribution in [3.8, 4) is 0 Å². The minimum Gasteiger partial charge on any atom is -0.480 e. The van der Waals surface area contributed by atoms with Crippen LogP contribution in [-0.4, -0.2) is 33.9 Å². The van der Waals surface area contributed by atoms with Gasteiger partial charge in [0.25, 0.3) is 5.91 Å². The van der Waals surface area contributed by atoms with Gasteiger partial charge in [-0.05, 0) is 55.0 Å². The molecule has 0 saturated heterocycles. The molecule has 1 fully saturated rings. The van der Waals surface area contributed by atoms with Gasteiger partial charge in [0.15, 0.2) is 0 Å². The summed E-state index contributed by atoms with van der Waals surface area (Å²) in [4.78, 5) is 43.1. The summed E-state index contributed by atoms with van der Waals surface area (Å²) in [6, 6.07) is 15.2. The van der Waals surface area contributed by atoms with Crippen molar-refractivity contribution < 1.29 is 19.5 Å². The molecule has 1 saturated carbocycles. The highest BCUT2D eigenvalue weighted by molar-refractivity contribution is 6.12. The van der Waals surface area contributed by atoms with Crippen LogP contribution in [0.4, 0.5) is 5.69 Å². The first-order valence-corrected chi connectivity index (χ1v) is 13.6. The summed E-state index contributed by atoms with van der Waals surface area (Å²) in [5.41, 5.74) is 2.05. The number of nitrogens with one attached hydrogen (secondary N) is 2. The molecule has 0 aliphatic heterocycles. The molecule has 2 aromatic carbocycles. The first-order chi connectivity index (χ1) is 19.0. The fourth-order valence-electron chi connectivity index (χ4n) is 5.89. The maximum atomic E-state index is 13.6. The molecular weight excluding hydrogens is 490 g/mol. The molecule has 2 unspecified atom stereocenters. The molecule has 39 heavy (non-hydrogen) atoms. The number of carboxylic acids is 1. The lowest BCUT2D eigenvalue weighted by molar-refractivity contribution is -0.145. The van der Waals surface area contributed by atoms with E-state index in [0.717, 1.165) is 55.0 Å². The summed E-state index contributed by atoms with van der Waals surface area (Å²) in [6.45, 7) is 0. The van der Waals surface area contributed by atoms with Crippen LogP contribution in [0.15, 0.2) is 85.1 Å². The van der Waals surface area contributed by atoms with Gasteiger partial charge in [0, 0.05) is 23.7 Å². The van der Waals surface area contributed by atoms with E-state index in [1.807, 2.05) is 36.4 Å². The van der Waals surface area contributed by atoms with Crippen molar-refractivity contribution in [2.24, 2.45) is 11.3 Å². The lowest BCUT2D eigenvalue weighted by Crippen LogP contribution is -2.52. The van der Waals surface area contributed by atoms with E-state index >= 15 is 0 Å². The molecule has 1 aromatic heterocycles. The Hall–Kier alpha value is -4.26. The van der Waals surface area contributed by atoms with Gasteiger partial charge in [0.05, 0.1) is 16.5 Å². The zero-order valence-electron chi connectivity index (χ0n) is 21.8. The number of benzene rings is 2. The predicted molar refractivity (Wildman–Crippen MR) is 151 cm³/mol. The van der Waals surface area contributed by atoms with E-state index in [1.54, 1.807) is 36.5 Å². The number of amides is 2. The van der Waals surface area contributed by atoms with Crippen LogP contribution in [-0.2, 0) is 16.0 Å². The van der Waals surface area contributed by atoms with Gasteiger partial charge in [-0.2, -0.15) is 0 Å². The van der Waals surface area contributed by atoms with E-state index in [0.29, 0.717) is 11.3 Å². The number of carbonyl (C=O) groups is 3. The van der Waals surface area contributed by atoms with Gasteiger partial charge in [0.2, 0.25) is 5.91 Å². The van der Waals surface area contributed by atoms with Crippen LogP contribution < -0.4 is 10.6 Å². The molecule has 3 N–H and O–H groups in total. The van der Waals surface area contributed by atoms with Gasteiger partial charge in [-0.3, -0.25) is 14.6 Å². The Balaban J connectivity index is 1.26. The standard InChI is InChI=1S/C32H33N3O4/c36-29(26-17-20-33-27-12-6-5-11-25(26)27)34-24-15-13-22(14-16-24)21-28(30(37)38)35-31(39)32(18-7-2-8-19-32)23-9-3-1-4-10-23/h1,3-6,9,11-17,20,23,28H,2,7-8,10,18-19,21H2,(H,34,36)(H,35,39)(H,37,38). The van der Waals surface area contributed by atoms with Crippen LogP contribution >= 0.6 is 0 Å². The van der Waals surface area contributed by atoms with Gasteiger partial charge in [-0.1, -0.05) is 73.9 Å². The number of carbonyl (C=O) groups excluding carboxylic acids is 2. The van der Waals surface area contributed by atoms with Crippen molar-refractivity contribution in [1.82, 2.24) is 10.3 Å². The maximum Gasteiger partial charge on any atom is 0.326 e. The lowest BCUT2D eigenvalue weighted by atomic mass is 9.63. The highest BCUT2D eigenvalue weighted by Gasteiger charge is 2.45. The van der Waals surface area contributed by atoms with Crippen molar-refractivity contribution in [3.05, 3.63) is 96.2 Å². The zero-order chi connectivity index (χ0) is 27.2. The molecule has 2 aliphatic carbocycles. The highest BCUT2D eigenvalue weighted by atomic mass is 16.4. The fraction of sp³-hybridized carbons (Fsp3) is 0.312. The fourth-order valence-corrected chi connectivity index (χ4v) is 5.89. The van der Waals surface area contributed by atoms with Crippen LogP contribution in [0, 0.1) is 11.3 Å². The van der Waals surface area contributed by atoms with E-state index < -0.39 is 17.4 Å². The Morgan fingerprint density at radius 2 is 1.74 bits per heavy atom. The Morgan fingerprint density at radius 3 is 2.46 bits per heavy atom. The maximum absolute atomic E-state index is 13.6. The quantitative estimate of drug-likeness (QED) is 0.352. The predicted octanol–water partition coefficient (Wildman–Crippen LogP) is 5.68. The van der Waals surface area contributed by atoms with Crippen molar-refractivity contribution in [2.45, 2.75) is 51.0 Å². The van der Waals surface area contributed by atoms with Gasteiger partial charge < -0.3 is 15.7 Å². The normalized spacial score (nSPS) is 18.8. The summed E-state index contributed by atoms with van der Waals surface area (Å²) < 4.78 is 0. The number of fused-ring (bicyclic) bond motifs is 1. The second-order valence-corrected chi connectivity index (χ2v) is 10.5. The average molecular weight is 524 g/mol. The third-order valence-corrected chi connectivity index (χ3v) is 8.04. The number of rotatable bonds is 8. The molecule has 2 amide bonds. The number of hydrogen-bond acceptors (Lipinski definition) is 4. The summed E-state index contributed by atoms with van der Waals surface area (Å²) in [6.07, 6.45) is 15.3. The molecule has 0 spiro atoms. The van der Waals surface area contributed by atoms with Crippen molar-refractivity contribution in [1.29, 1.82) is 0 Å². The summed E-state index contributed by atoms with van der Waals surface area (Å²) >= 11 is 0. The number of para-hydroxylation sites is 1. The number of hydrogen-bond donors (Lipinski definition) is 3. The number of pyridine rings is 1. The van der Waals surface area contributed by atoms with Crippen LogP contribution in [0.5, 0.6) is 0 Å². The topological polar surface area (TPSA) is 108 Å². The van der Waals surface area contributed by atoms with Crippen LogP contribution in [0.25, 0.3) is 10.9 Å². The van der Waals surface area contributed by atoms with Gasteiger partial charge >= 0.3 is 5.97 Å².